The lowest BCUT2D eigenvalue weighted by molar-refractivity contribution is -0.133. The third kappa shape index (κ3) is 3.32. The molecule has 6 nitrogen and oxygen atoms in total. The average Bonchev–Trinajstić information content (AvgIpc) is 2.55. The van der Waals surface area contributed by atoms with Crippen molar-refractivity contribution in [2.45, 2.75) is 30.8 Å². The van der Waals surface area contributed by atoms with Crippen molar-refractivity contribution in [3.8, 4) is 0 Å². The molecule has 0 radical (unpaired) electrons. The molecule has 1 heterocycles. The second-order valence-electron chi connectivity index (χ2n) is 6.37. The monoisotopic (exact) mass is 317 g/mol. The summed E-state index contributed by atoms with van der Waals surface area (Å²) in [4.78, 5) is 25.2. The predicted molar refractivity (Wildman–Crippen MR) is 85.9 cm³/mol. The average molecular weight is 317 g/mol. The summed E-state index contributed by atoms with van der Waals surface area (Å²) in [5, 5.41) is 3.03. The van der Waals surface area contributed by atoms with Gasteiger partial charge in [0.05, 0.1) is 13.2 Å². The summed E-state index contributed by atoms with van der Waals surface area (Å²) < 4.78 is 5.27. The maximum absolute atomic E-state index is 12.4. The number of urea groups is 1. The molecular weight excluding hydrogens is 294 g/mol. The van der Waals surface area contributed by atoms with E-state index in [0.717, 1.165) is 12.8 Å². The molecule has 0 bridgehead atoms. The molecule has 1 saturated heterocycles. The van der Waals surface area contributed by atoms with Gasteiger partial charge in [0.25, 0.3) is 0 Å². The highest BCUT2D eigenvalue weighted by Crippen LogP contribution is 2.43. The van der Waals surface area contributed by atoms with E-state index in [1.807, 2.05) is 18.2 Å². The van der Waals surface area contributed by atoms with Crippen LogP contribution in [0, 0.1) is 0 Å². The summed E-state index contributed by atoms with van der Waals surface area (Å²) in [6, 6.07) is 10.2. The van der Waals surface area contributed by atoms with Crippen LogP contribution in [0.25, 0.3) is 0 Å². The van der Waals surface area contributed by atoms with Crippen LogP contribution in [0.5, 0.6) is 0 Å². The first-order valence-corrected chi connectivity index (χ1v) is 8.10. The van der Waals surface area contributed by atoms with Crippen LogP contribution in [0.15, 0.2) is 30.3 Å². The van der Waals surface area contributed by atoms with Crippen molar-refractivity contribution in [1.29, 1.82) is 0 Å². The van der Waals surface area contributed by atoms with E-state index in [1.165, 1.54) is 12.0 Å². The van der Waals surface area contributed by atoms with Gasteiger partial charge in [-0.2, -0.15) is 0 Å². The van der Waals surface area contributed by atoms with Crippen LogP contribution in [0.4, 0.5) is 4.79 Å². The van der Waals surface area contributed by atoms with Crippen LogP contribution < -0.4 is 11.1 Å². The highest BCUT2D eigenvalue weighted by atomic mass is 16.5. The zero-order chi connectivity index (χ0) is 16.3. The molecule has 0 spiro atoms. The smallest absolute Gasteiger partial charge is 0.317 e. The lowest BCUT2D eigenvalue weighted by Crippen LogP contribution is -2.55. The Morgan fingerprint density at radius 3 is 2.65 bits per heavy atom. The Morgan fingerprint density at radius 2 is 2.04 bits per heavy atom. The molecule has 3 N–H and O–H groups in total. The summed E-state index contributed by atoms with van der Waals surface area (Å²) in [6.45, 7) is 1.66. The van der Waals surface area contributed by atoms with Gasteiger partial charge in [-0.15, -0.1) is 0 Å². The van der Waals surface area contributed by atoms with Crippen LogP contribution in [0.3, 0.4) is 0 Å². The second-order valence-corrected chi connectivity index (χ2v) is 6.37. The zero-order valence-corrected chi connectivity index (χ0v) is 13.2. The van der Waals surface area contributed by atoms with E-state index in [0.29, 0.717) is 19.7 Å². The van der Waals surface area contributed by atoms with Crippen molar-refractivity contribution < 1.29 is 14.3 Å². The number of ether oxygens (including phenoxy) is 1. The van der Waals surface area contributed by atoms with Gasteiger partial charge in [0.15, 0.2) is 6.10 Å². The minimum atomic E-state index is -0.707. The number of nitrogens with one attached hydrogen (secondary N) is 1. The number of hydrogen-bond donors (Lipinski definition) is 2. The van der Waals surface area contributed by atoms with E-state index >= 15 is 0 Å². The molecule has 23 heavy (non-hydrogen) atoms. The molecular formula is C17H23N3O3. The Labute approximate surface area is 136 Å². The Morgan fingerprint density at radius 1 is 1.30 bits per heavy atom. The molecule has 1 aromatic carbocycles. The van der Waals surface area contributed by atoms with Crippen molar-refractivity contribution in [2.75, 3.05) is 26.2 Å². The van der Waals surface area contributed by atoms with Gasteiger partial charge >= 0.3 is 6.03 Å². The van der Waals surface area contributed by atoms with Crippen molar-refractivity contribution in [3.05, 3.63) is 35.9 Å². The van der Waals surface area contributed by atoms with Crippen LogP contribution in [-0.2, 0) is 14.9 Å². The number of carbonyl (C=O) groups excluding carboxylic acids is 2. The maximum atomic E-state index is 12.4. The van der Waals surface area contributed by atoms with Gasteiger partial charge in [0.2, 0.25) is 5.91 Å². The van der Waals surface area contributed by atoms with Crippen molar-refractivity contribution in [1.82, 2.24) is 10.2 Å². The third-order valence-corrected chi connectivity index (χ3v) is 4.95. The molecule has 0 aromatic heterocycles. The van der Waals surface area contributed by atoms with Gasteiger partial charge in [-0.05, 0) is 18.4 Å². The highest BCUT2D eigenvalue weighted by molar-refractivity contribution is 5.81. The summed E-state index contributed by atoms with van der Waals surface area (Å²) in [5.74, 6) is -0.526. The van der Waals surface area contributed by atoms with Gasteiger partial charge < -0.3 is 20.7 Å². The Bertz CT molecular complexity index is 572. The largest absolute Gasteiger partial charge is 0.367 e. The number of amides is 3. The third-order valence-electron chi connectivity index (χ3n) is 4.95. The lowest BCUT2D eigenvalue weighted by Gasteiger charge is -2.43. The second kappa shape index (κ2) is 6.58. The van der Waals surface area contributed by atoms with Crippen molar-refractivity contribution >= 4 is 11.9 Å². The highest BCUT2D eigenvalue weighted by Gasteiger charge is 2.39. The van der Waals surface area contributed by atoms with Crippen LogP contribution in [0.1, 0.15) is 24.8 Å². The fourth-order valence-electron chi connectivity index (χ4n) is 3.33. The van der Waals surface area contributed by atoms with Crippen LogP contribution in [0.2, 0.25) is 0 Å². The molecule has 6 heteroatoms. The minimum absolute atomic E-state index is 0.0479. The number of primary amides is 1. The normalized spacial score (nSPS) is 23.0. The number of hydrogen-bond acceptors (Lipinski definition) is 3. The first kappa shape index (κ1) is 15.8. The molecule has 1 unspecified atom stereocenters. The number of rotatable bonds is 4. The van der Waals surface area contributed by atoms with E-state index in [2.05, 4.69) is 17.4 Å². The molecule has 1 aromatic rings. The van der Waals surface area contributed by atoms with Crippen LogP contribution in [-0.4, -0.2) is 49.2 Å². The van der Waals surface area contributed by atoms with E-state index in [9.17, 15) is 9.59 Å². The molecule has 1 atom stereocenters. The number of nitrogens with zero attached hydrogens (tertiary/aromatic N) is 1. The van der Waals surface area contributed by atoms with Gasteiger partial charge in [-0.3, -0.25) is 4.79 Å². The summed E-state index contributed by atoms with van der Waals surface area (Å²) in [6.07, 6.45) is 2.65. The minimum Gasteiger partial charge on any atom is -0.367 e. The Hall–Kier alpha value is -2.08. The molecule has 2 aliphatic rings. The van der Waals surface area contributed by atoms with E-state index in [1.54, 1.807) is 4.90 Å². The number of nitrogens with two attached hydrogens (primary N) is 1. The number of morpholine rings is 1. The van der Waals surface area contributed by atoms with Gasteiger partial charge in [-0.25, -0.2) is 4.79 Å². The van der Waals surface area contributed by atoms with Crippen molar-refractivity contribution in [2.24, 2.45) is 5.73 Å². The van der Waals surface area contributed by atoms with E-state index in [-0.39, 0.29) is 18.0 Å². The number of carbonyl (C=O) groups is 2. The first-order valence-electron chi connectivity index (χ1n) is 8.10. The molecule has 3 rings (SSSR count). The van der Waals surface area contributed by atoms with E-state index in [4.69, 9.17) is 10.5 Å². The summed E-state index contributed by atoms with van der Waals surface area (Å²) in [5.41, 5.74) is 6.59. The fraction of sp³-hybridized carbons (Fsp3) is 0.529. The van der Waals surface area contributed by atoms with Crippen molar-refractivity contribution in [3.63, 3.8) is 0 Å². The topological polar surface area (TPSA) is 84.7 Å². The molecule has 1 aliphatic heterocycles. The molecule has 1 aliphatic carbocycles. The van der Waals surface area contributed by atoms with Crippen LogP contribution >= 0.6 is 0 Å². The zero-order valence-electron chi connectivity index (χ0n) is 13.2. The Kier molecular flexibility index (Phi) is 4.52. The van der Waals surface area contributed by atoms with E-state index < -0.39 is 12.0 Å². The molecule has 3 amide bonds. The fourth-order valence-corrected chi connectivity index (χ4v) is 3.33. The lowest BCUT2D eigenvalue weighted by atomic mass is 9.64. The Balaban J connectivity index is 1.59. The summed E-state index contributed by atoms with van der Waals surface area (Å²) >= 11 is 0. The molecule has 124 valence electrons. The standard InChI is InChI=1S/C17H23N3O3/c18-15(21)14-11-20(9-10-23-14)16(22)19-12-17(7-4-8-17)13-5-2-1-3-6-13/h1-3,5-6,14H,4,7-12H2,(H2,18,21)(H,19,22). The SMILES string of the molecule is NC(=O)C1CN(C(=O)NCC2(c3ccccc3)CCC2)CCO1. The predicted octanol–water partition coefficient (Wildman–Crippen LogP) is 1.00. The van der Waals surface area contributed by atoms with Gasteiger partial charge in [0, 0.05) is 18.5 Å². The quantitative estimate of drug-likeness (QED) is 0.869. The van der Waals surface area contributed by atoms with Gasteiger partial charge in [0.1, 0.15) is 0 Å². The van der Waals surface area contributed by atoms with Gasteiger partial charge in [-0.1, -0.05) is 36.8 Å². The molecule has 2 fully saturated rings. The number of benzene rings is 1. The molecule has 1 saturated carbocycles. The first-order chi connectivity index (χ1) is 11.1. The maximum Gasteiger partial charge on any atom is 0.317 e. The summed E-state index contributed by atoms with van der Waals surface area (Å²) in [7, 11) is 0.